The molecular formula is C14H10F5N3O2S. The Hall–Kier alpha value is -2.14. The van der Waals surface area contributed by atoms with Gasteiger partial charge in [0.1, 0.15) is 6.33 Å². The van der Waals surface area contributed by atoms with E-state index in [2.05, 4.69) is 9.97 Å². The van der Waals surface area contributed by atoms with Crippen LogP contribution in [0.5, 0.6) is 0 Å². The van der Waals surface area contributed by atoms with Crippen molar-refractivity contribution < 1.29 is 30.4 Å². The summed E-state index contributed by atoms with van der Waals surface area (Å²) >= 11 is 0. The van der Waals surface area contributed by atoms with Crippen molar-refractivity contribution in [2.24, 2.45) is 0 Å². The van der Waals surface area contributed by atoms with Crippen LogP contribution in [0.15, 0.2) is 17.4 Å². The summed E-state index contributed by atoms with van der Waals surface area (Å²) in [5, 5.41) is 0. The molecule has 0 fully saturated rings. The van der Waals surface area contributed by atoms with Gasteiger partial charge in [0.25, 0.3) is 0 Å². The van der Waals surface area contributed by atoms with E-state index in [1.165, 1.54) is 12.5 Å². The zero-order valence-electron chi connectivity index (χ0n) is 12.6. The van der Waals surface area contributed by atoms with E-state index in [0.29, 0.717) is 15.6 Å². The van der Waals surface area contributed by atoms with Crippen LogP contribution in [0.3, 0.4) is 0 Å². The average Bonchev–Trinajstić information content (AvgIpc) is 2.58. The van der Waals surface area contributed by atoms with Crippen LogP contribution >= 0.6 is 0 Å². The molecule has 0 aliphatic carbocycles. The SMILES string of the molecule is CC1CN(S(=O)(=O)c2c(F)c(F)c(F)c(F)c2F)Cc2cncnc21. The molecule has 0 spiro atoms. The minimum Gasteiger partial charge on any atom is -0.244 e. The largest absolute Gasteiger partial charge is 0.249 e. The van der Waals surface area contributed by atoms with Gasteiger partial charge in [0.2, 0.25) is 15.8 Å². The quantitative estimate of drug-likeness (QED) is 0.457. The van der Waals surface area contributed by atoms with E-state index < -0.39 is 49.9 Å². The normalized spacial score (nSPS) is 18.2. The third kappa shape index (κ3) is 2.67. The third-order valence-electron chi connectivity index (χ3n) is 3.88. The van der Waals surface area contributed by atoms with E-state index in [0.717, 1.165) is 0 Å². The molecule has 1 unspecified atom stereocenters. The van der Waals surface area contributed by atoms with Gasteiger partial charge in [-0.15, -0.1) is 0 Å². The molecule has 1 aliphatic heterocycles. The summed E-state index contributed by atoms with van der Waals surface area (Å²) < 4.78 is 93.4. The summed E-state index contributed by atoms with van der Waals surface area (Å²) in [6, 6.07) is 0. The van der Waals surface area contributed by atoms with Crippen LogP contribution in [0, 0.1) is 29.1 Å². The lowest BCUT2D eigenvalue weighted by Crippen LogP contribution is -2.39. The van der Waals surface area contributed by atoms with Crippen molar-refractivity contribution in [2.45, 2.75) is 24.3 Å². The molecule has 0 radical (unpaired) electrons. The van der Waals surface area contributed by atoms with Gasteiger partial charge in [0, 0.05) is 30.8 Å². The highest BCUT2D eigenvalue weighted by molar-refractivity contribution is 7.89. The molecule has 1 aromatic carbocycles. The fourth-order valence-electron chi connectivity index (χ4n) is 2.70. The molecule has 11 heteroatoms. The minimum absolute atomic E-state index is 0.230. The predicted octanol–water partition coefficient (Wildman–Crippen LogP) is 2.48. The summed E-state index contributed by atoms with van der Waals surface area (Å²) in [7, 11) is -4.98. The first-order valence-electron chi connectivity index (χ1n) is 6.96. The van der Waals surface area contributed by atoms with Crippen LogP contribution in [0.25, 0.3) is 0 Å². The summed E-state index contributed by atoms with van der Waals surface area (Å²) in [5.74, 6) is -12.3. The number of sulfonamides is 1. The Bertz CT molecular complexity index is 938. The van der Waals surface area contributed by atoms with E-state index in [1.807, 2.05) is 0 Å². The van der Waals surface area contributed by atoms with Gasteiger partial charge in [-0.2, -0.15) is 4.31 Å². The molecule has 0 N–H and O–H groups in total. The number of fused-ring (bicyclic) bond motifs is 1. The molecule has 3 rings (SSSR count). The molecule has 1 aliphatic rings. The molecule has 0 saturated carbocycles. The van der Waals surface area contributed by atoms with Crippen LogP contribution in [0.1, 0.15) is 24.1 Å². The highest BCUT2D eigenvalue weighted by Crippen LogP contribution is 2.33. The number of hydrogen-bond donors (Lipinski definition) is 0. The van der Waals surface area contributed by atoms with Crippen molar-refractivity contribution >= 4 is 10.0 Å². The Kier molecular flexibility index (Phi) is 4.23. The van der Waals surface area contributed by atoms with Crippen molar-refractivity contribution in [3.63, 3.8) is 0 Å². The van der Waals surface area contributed by atoms with Crippen LogP contribution in [0.4, 0.5) is 22.0 Å². The van der Waals surface area contributed by atoms with Crippen LogP contribution in [-0.4, -0.2) is 29.2 Å². The molecule has 0 saturated heterocycles. The molecule has 2 heterocycles. The average molecular weight is 379 g/mol. The topological polar surface area (TPSA) is 63.2 Å². The van der Waals surface area contributed by atoms with Crippen molar-refractivity contribution in [1.82, 2.24) is 14.3 Å². The first kappa shape index (κ1) is 17.7. The smallest absolute Gasteiger partial charge is 0.244 e. The number of hydrogen-bond acceptors (Lipinski definition) is 4. The van der Waals surface area contributed by atoms with Crippen LogP contribution in [-0.2, 0) is 16.6 Å². The van der Waals surface area contributed by atoms with Gasteiger partial charge in [-0.05, 0) is 0 Å². The Morgan fingerprint density at radius 2 is 1.60 bits per heavy atom. The second-order valence-electron chi connectivity index (χ2n) is 5.53. The molecule has 0 amide bonds. The van der Waals surface area contributed by atoms with Crippen molar-refractivity contribution in [1.29, 1.82) is 0 Å². The molecule has 2 aromatic rings. The van der Waals surface area contributed by atoms with Gasteiger partial charge in [0.05, 0.1) is 5.69 Å². The molecule has 25 heavy (non-hydrogen) atoms. The lowest BCUT2D eigenvalue weighted by atomic mass is 9.99. The lowest BCUT2D eigenvalue weighted by molar-refractivity contribution is 0.334. The number of aromatic nitrogens is 2. The number of nitrogens with zero attached hydrogens (tertiary/aromatic N) is 3. The molecule has 1 atom stereocenters. The predicted molar refractivity (Wildman–Crippen MR) is 74.3 cm³/mol. The number of benzene rings is 1. The lowest BCUT2D eigenvalue weighted by Gasteiger charge is -2.31. The molecule has 134 valence electrons. The highest BCUT2D eigenvalue weighted by Gasteiger charge is 2.39. The fraction of sp³-hybridized carbons (Fsp3) is 0.286. The molecular weight excluding hydrogens is 369 g/mol. The number of rotatable bonds is 2. The van der Waals surface area contributed by atoms with Gasteiger partial charge in [-0.25, -0.2) is 40.3 Å². The first-order chi connectivity index (χ1) is 11.7. The summed E-state index contributed by atoms with van der Waals surface area (Å²) in [5.41, 5.74) is 0.938. The Morgan fingerprint density at radius 1 is 1.04 bits per heavy atom. The summed E-state index contributed by atoms with van der Waals surface area (Å²) in [6.07, 6.45) is 2.60. The fourth-order valence-corrected chi connectivity index (χ4v) is 4.32. The second kappa shape index (κ2) is 5.99. The summed E-state index contributed by atoms with van der Waals surface area (Å²) in [4.78, 5) is 5.90. The maximum atomic E-state index is 13.9. The van der Waals surface area contributed by atoms with Gasteiger partial charge in [-0.1, -0.05) is 6.92 Å². The third-order valence-corrected chi connectivity index (χ3v) is 5.71. The van der Waals surface area contributed by atoms with Crippen LogP contribution in [0.2, 0.25) is 0 Å². The van der Waals surface area contributed by atoms with Crippen molar-refractivity contribution in [2.75, 3.05) is 6.54 Å². The van der Waals surface area contributed by atoms with Gasteiger partial charge < -0.3 is 0 Å². The molecule has 5 nitrogen and oxygen atoms in total. The maximum absolute atomic E-state index is 13.9. The Balaban J connectivity index is 2.14. The standard InChI is InChI=1S/C14H10F5N3O2S/c1-6-3-22(4-7-2-20-5-21-13(6)7)25(23,24)14-11(18)9(16)8(15)10(17)12(14)19/h2,5-6H,3-4H2,1H3. The Morgan fingerprint density at radius 3 is 2.20 bits per heavy atom. The highest BCUT2D eigenvalue weighted by atomic mass is 32.2. The summed E-state index contributed by atoms with van der Waals surface area (Å²) in [6.45, 7) is 1.04. The Labute approximate surface area is 139 Å². The van der Waals surface area contributed by atoms with E-state index >= 15 is 0 Å². The van der Waals surface area contributed by atoms with E-state index in [1.54, 1.807) is 6.92 Å². The van der Waals surface area contributed by atoms with Crippen LogP contribution < -0.4 is 0 Å². The second-order valence-corrected chi connectivity index (χ2v) is 7.41. The molecule has 0 bridgehead atoms. The minimum atomic E-state index is -4.98. The number of halogens is 5. The molecule has 1 aromatic heterocycles. The van der Waals surface area contributed by atoms with E-state index in [4.69, 9.17) is 0 Å². The van der Waals surface area contributed by atoms with Crippen molar-refractivity contribution in [3.05, 3.63) is 52.9 Å². The zero-order valence-corrected chi connectivity index (χ0v) is 13.4. The van der Waals surface area contributed by atoms with Crippen molar-refractivity contribution in [3.8, 4) is 0 Å². The van der Waals surface area contributed by atoms with E-state index in [-0.39, 0.29) is 13.1 Å². The monoisotopic (exact) mass is 379 g/mol. The maximum Gasteiger partial charge on any atom is 0.249 e. The van der Waals surface area contributed by atoms with Gasteiger partial charge in [0.15, 0.2) is 28.2 Å². The zero-order chi connectivity index (χ0) is 18.5. The van der Waals surface area contributed by atoms with Gasteiger partial charge >= 0.3 is 0 Å². The van der Waals surface area contributed by atoms with E-state index in [9.17, 15) is 30.4 Å². The van der Waals surface area contributed by atoms with Gasteiger partial charge in [-0.3, -0.25) is 0 Å². The first-order valence-corrected chi connectivity index (χ1v) is 8.40.